The van der Waals surface area contributed by atoms with Gasteiger partial charge in [0.1, 0.15) is 17.7 Å². The molecule has 0 unspecified atom stereocenters. The Morgan fingerprint density at radius 2 is 2.14 bits per heavy atom. The van der Waals surface area contributed by atoms with Crippen LogP contribution in [0.1, 0.15) is 24.9 Å². The summed E-state index contributed by atoms with van der Waals surface area (Å²) in [4.78, 5) is 6.29. The summed E-state index contributed by atoms with van der Waals surface area (Å²) >= 11 is 0. The van der Waals surface area contributed by atoms with Crippen LogP contribution in [0.3, 0.4) is 0 Å². The third-order valence-corrected chi connectivity index (χ3v) is 4.06. The van der Waals surface area contributed by atoms with Crippen molar-refractivity contribution in [3.63, 3.8) is 0 Å². The molecule has 1 aromatic heterocycles. The molecule has 0 radical (unpaired) electrons. The molecule has 0 bridgehead atoms. The molecule has 0 amide bonds. The van der Waals surface area contributed by atoms with Gasteiger partial charge < -0.3 is 4.74 Å². The molecule has 116 valence electrons. The Bertz CT molecular complexity index is 636. The SMILES string of the molecule is C[C@@H](c1ccc(F)cc1F)N1CC[C@H](Oc2ccccn2)C1. The zero-order valence-electron chi connectivity index (χ0n) is 12.4. The summed E-state index contributed by atoms with van der Waals surface area (Å²) in [7, 11) is 0. The van der Waals surface area contributed by atoms with Crippen LogP contribution in [0.5, 0.6) is 5.88 Å². The van der Waals surface area contributed by atoms with Gasteiger partial charge in [-0.3, -0.25) is 4.90 Å². The fourth-order valence-corrected chi connectivity index (χ4v) is 2.83. The molecule has 22 heavy (non-hydrogen) atoms. The Hall–Kier alpha value is -2.01. The molecule has 0 aliphatic carbocycles. The zero-order valence-corrected chi connectivity index (χ0v) is 12.4. The summed E-state index contributed by atoms with van der Waals surface area (Å²) in [6, 6.07) is 9.18. The number of pyridine rings is 1. The van der Waals surface area contributed by atoms with Crippen LogP contribution in [0.2, 0.25) is 0 Å². The van der Waals surface area contributed by atoms with Crippen molar-refractivity contribution >= 4 is 0 Å². The van der Waals surface area contributed by atoms with E-state index in [2.05, 4.69) is 9.88 Å². The van der Waals surface area contributed by atoms with Gasteiger partial charge in [-0.05, 0) is 25.5 Å². The number of aromatic nitrogens is 1. The molecule has 5 heteroatoms. The van der Waals surface area contributed by atoms with E-state index in [0.717, 1.165) is 19.0 Å². The van der Waals surface area contributed by atoms with Crippen molar-refractivity contribution in [3.05, 3.63) is 59.8 Å². The summed E-state index contributed by atoms with van der Waals surface area (Å²) in [6.45, 7) is 3.45. The van der Waals surface area contributed by atoms with Crippen molar-refractivity contribution in [1.82, 2.24) is 9.88 Å². The molecule has 1 saturated heterocycles. The molecule has 1 aromatic carbocycles. The van der Waals surface area contributed by atoms with Crippen molar-refractivity contribution in [2.45, 2.75) is 25.5 Å². The van der Waals surface area contributed by atoms with E-state index in [1.807, 2.05) is 25.1 Å². The van der Waals surface area contributed by atoms with E-state index in [9.17, 15) is 8.78 Å². The van der Waals surface area contributed by atoms with E-state index in [0.29, 0.717) is 18.0 Å². The van der Waals surface area contributed by atoms with Gasteiger partial charge in [0.15, 0.2) is 0 Å². The lowest BCUT2D eigenvalue weighted by Crippen LogP contribution is -2.28. The van der Waals surface area contributed by atoms with Crippen LogP contribution < -0.4 is 4.74 Å². The largest absolute Gasteiger partial charge is 0.473 e. The van der Waals surface area contributed by atoms with E-state index >= 15 is 0 Å². The molecular formula is C17H18F2N2O. The molecule has 0 saturated carbocycles. The van der Waals surface area contributed by atoms with Crippen LogP contribution in [-0.2, 0) is 0 Å². The van der Waals surface area contributed by atoms with Crippen molar-refractivity contribution in [2.24, 2.45) is 0 Å². The number of rotatable bonds is 4. The van der Waals surface area contributed by atoms with Gasteiger partial charge in [0, 0.05) is 43.0 Å². The van der Waals surface area contributed by atoms with E-state index in [1.165, 1.54) is 12.1 Å². The highest BCUT2D eigenvalue weighted by atomic mass is 19.1. The Morgan fingerprint density at radius 1 is 1.27 bits per heavy atom. The Morgan fingerprint density at radius 3 is 2.86 bits per heavy atom. The van der Waals surface area contributed by atoms with Gasteiger partial charge in [-0.2, -0.15) is 0 Å². The zero-order chi connectivity index (χ0) is 15.5. The monoisotopic (exact) mass is 304 g/mol. The van der Waals surface area contributed by atoms with Crippen molar-refractivity contribution in [3.8, 4) is 5.88 Å². The first-order valence-corrected chi connectivity index (χ1v) is 7.40. The molecule has 1 aliphatic rings. The van der Waals surface area contributed by atoms with E-state index in [1.54, 1.807) is 6.20 Å². The molecular weight excluding hydrogens is 286 g/mol. The van der Waals surface area contributed by atoms with Crippen molar-refractivity contribution < 1.29 is 13.5 Å². The van der Waals surface area contributed by atoms with E-state index in [-0.39, 0.29) is 12.1 Å². The molecule has 3 nitrogen and oxygen atoms in total. The lowest BCUT2D eigenvalue weighted by atomic mass is 10.1. The first-order valence-electron chi connectivity index (χ1n) is 7.40. The Kier molecular flexibility index (Phi) is 4.34. The predicted molar refractivity (Wildman–Crippen MR) is 79.6 cm³/mol. The Balaban J connectivity index is 1.64. The van der Waals surface area contributed by atoms with Crippen molar-refractivity contribution in [2.75, 3.05) is 13.1 Å². The second-order valence-corrected chi connectivity index (χ2v) is 5.53. The Labute approximate surface area is 128 Å². The number of nitrogens with zero attached hydrogens (tertiary/aromatic N) is 2. The minimum absolute atomic E-state index is 0.0425. The summed E-state index contributed by atoms with van der Waals surface area (Å²) in [6.07, 6.45) is 2.60. The van der Waals surface area contributed by atoms with Crippen LogP contribution in [0.25, 0.3) is 0 Å². The lowest BCUT2D eigenvalue weighted by molar-refractivity contribution is 0.176. The predicted octanol–water partition coefficient (Wildman–Crippen LogP) is 3.57. The highest BCUT2D eigenvalue weighted by Gasteiger charge is 2.29. The number of ether oxygens (including phenoxy) is 1. The minimum atomic E-state index is -0.550. The van der Waals surface area contributed by atoms with Gasteiger partial charge in [0.25, 0.3) is 0 Å². The maximum atomic E-state index is 13.9. The van der Waals surface area contributed by atoms with Gasteiger partial charge >= 0.3 is 0 Å². The first kappa shape index (κ1) is 14.9. The van der Waals surface area contributed by atoms with Gasteiger partial charge in [-0.15, -0.1) is 0 Å². The number of halogens is 2. The highest BCUT2D eigenvalue weighted by Crippen LogP contribution is 2.28. The molecule has 0 spiro atoms. The van der Waals surface area contributed by atoms with E-state index < -0.39 is 11.6 Å². The molecule has 2 aromatic rings. The smallest absolute Gasteiger partial charge is 0.213 e. The number of hydrogen-bond acceptors (Lipinski definition) is 3. The maximum Gasteiger partial charge on any atom is 0.213 e. The maximum absolute atomic E-state index is 13.9. The second kappa shape index (κ2) is 6.40. The topological polar surface area (TPSA) is 25.4 Å². The molecule has 2 heterocycles. The molecule has 0 N–H and O–H groups in total. The molecule has 1 aliphatic heterocycles. The highest BCUT2D eigenvalue weighted by molar-refractivity contribution is 5.22. The lowest BCUT2D eigenvalue weighted by Gasteiger charge is -2.25. The number of hydrogen-bond donors (Lipinski definition) is 0. The van der Waals surface area contributed by atoms with E-state index in [4.69, 9.17) is 4.74 Å². The number of benzene rings is 1. The summed E-state index contributed by atoms with van der Waals surface area (Å²) < 4.78 is 32.7. The summed E-state index contributed by atoms with van der Waals surface area (Å²) in [5.74, 6) is -0.442. The van der Waals surface area contributed by atoms with Crippen LogP contribution in [0.4, 0.5) is 8.78 Å². The average molecular weight is 304 g/mol. The quantitative estimate of drug-likeness (QED) is 0.863. The standard InChI is InChI=1S/C17H18F2N2O/c1-12(15-6-5-13(18)10-16(15)19)21-9-7-14(11-21)22-17-4-2-3-8-20-17/h2-6,8,10,12,14H,7,9,11H2,1H3/t12-,14-/m0/s1. The third-order valence-electron chi connectivity index (χ3n) is 4.06. The normalized spacial score (nSPS) is 20.0. The molecule has 3 rings (SSSR count). The van der Waals surface area contributed by atoms with Gasteiger partial charge in [0.2, 0.25) is 5.88 Å². The van der Waals surface area contributed by atoms with Crippen LogP contribution >= 0.6 is 0 Å². The minimum Gasteiger partial charge on any atom is -0.473 e. The van der Waals surface area contributed by atoms with Gasteiger partial charge in [0.05, 0.1) is 0 Å². The molecule has 1 fully saturated rings. The fourth-order valence-electron chi connectivity index (χ4n) is 2.83. The molecule has 2 atom stereocenters. The number of likely N-dealkylation sites (tertiary alicyclic amines) is 1. The summed E-state index contributed by atoms with van der Waals surface area (Å²) in [5.41, 5.74) is 0.514. The van der Waals surface area contributed by atoms with Crippen LogP contribution in [0, 0.1) is 11.6 Å². The average Bonchev–Trinajstić information content (AvgIpc) is 2.96. The van der Waals surface area contributed by atoms with Crippen LogP contribution in [0.15, 0.2) is 42.6 Å². The fraction of sp³-hybridized carbons (Fsp3) is 0.353. The summed E-state index contributed by atoms with van der Waals surface area (Å²) in [5, 5.41) is 0. The van der Waals surface area contributed by atoms with Crippen LogP contribution in [-0.4, -0.2) is 29.1 Å². The first-order chi connectivity index (χ1) is 10.6. The second-order valence-electron chi connectivity index (χ2n) is 5.53. The third kappa shape index (κ3) is 3.25. The van der Waals surface area contributed by atoms with Crippen molar-refractivity contribution in [1.29, 1.82) is 0 Å². The van der Waals surface area contributed by atoms with Gasteiger partial charge in [-0.25, -0.2) is 13.8 Å². The van der Waals surface area contributed by atoms with Gasteiger partial charge in [-0.1, -0.05) is 12.1 Å².